The van der Waals surface area contributed by atoms with E-state index in [9.17, 15) is 0 Å². The van der Waals surface area contributed by atoms with Crippen LogP contribution in [0.3, 0.4) is 0 Å². The standard InChI is InChI=1S/C15H28N4O/c1-12(14-16-13(2)17-20-14)19-10-8-18(9-11-19)7-6-15(3,4)5/h12H,6-11H2,1-5H3/t12-/m1/s1. The molecule has 1 aliphatic heterocycles. The smallest absolute Gasteiger partial charge is 0.243 e. The summed E-state index contributed by atoms with van der Waals surface area (Å²) in [7, 11) is 0. The van der Waals surface area contributed by atoms with E-state index in [1.165, 1.54) is 13.0 Å². The van der Waals surface area contributed by atoms with E-state index in [0.29, 0.717) is 5.41 Å². The van der Waals surface area contributed by atoms with Crippen LogP contribution in [0.2, 0.25) is 0 Å². The molecule has 1 fully saturated rings. The number of hydrogen-bond acceptors (Lipinski definition) is 5. The molecule has 1 aromatic rings. The number of aromatic nitrogens is 2. The first kappa shape index (κ1) is 15.4. The van der Waals surface area contributed by atoms with Crippen molar-refractivity contribution >= 4 is 0 Å². The lowest BCUT2D eigenvalue weighted by molar-refractivity contribution is 0.0821. The van der Waals surface area contributed by atoms with Crippen LogP contribution >= 0.6 is 0 Å². The molecular weight excluding hydrogens is 252 g/mol. The third-order valence-corrected chi connectivity index (χ3v) is 4.03. The maximum absolute atomic E-state index is 5.28. The van der Waals surface area contributed by atoms with Crippen molar-refractivity contribution in [1.82, 2.24) is 19.9 Å². The minimum absolute atomic E-state index is 0.223. The van der Waals surface area contributed by atoms with Crippen molar-refractivity contribution in [2.24, 2.45) is 5.41 Å². The van der Waals surface area contributed by atoms with Crippen LogP contribution in [0.5, 0.6) is 0 Å². The van der Waals surface area contributed by atoms with E-state index in [1.54, 1.807) is 0 Å². The fraction of sp³-hybridized carbons (Fsp3) is 0.867. The quantitative estimate of drug-likeness (QED) is 0.848. The van der Waals surface area contributed by atoms with Gasteiger partial charge in [-0.2, -0.15) is 4.98 Å². The van der Waals surface area contributed by atoms with Crippen molar-refractivity contribution in [3.63, 3.8) is 0 Å². The van der Waals surface area contributed by atoms with Gasteiger partial charge in [-0.05, 0) is 32.2 Å². The maximum atomic E-state index is 5.28. The van der Waals surface area contributed by atoms with E-state index >= 15 is 0 Å². The third kappa shape index (κ3) is 4.28. The highest BCUT2D eigenvalue weighted by Gasteiger charge is 2.25. The van der Waals surface area contributed by atoms with Crippen LogP contribution in [0.4, 0.5) is 0 Å². The highest BCUT2D eigenvalue weighted by atomic mass is 16.5. The van der Waals surface area contributed by atoms with Gasteiger partial charge < -0.3 is 9.42 Å². The second kappa shape index (κ2) is 6.22. The number of hydrogen-bond donors (Lipinski definition) is 0. The van der Waals surface area contributed by atoms with Crippen molar-refractivity contribution in [3.8, 4) is 0 Å². The molecule has 1 aromatic heterocycles. The molecule has 2 rings (SSSR count). The van der Waals surface area contributed by atoms with Crippen molar-refractivity contribution in [2.75, 3.05) is 32.7 Å². The fourth-order valence-electron chi connectivity index (χ4n) is 2.51. The van der Waals surface area contributed by atoms with E-state index in [-0.39, 0.29) is 6.04 Å². The van der Waals surface area contributed by atoms with Gasteiger partial charge in [0.25, 0.3) is 0 Å². The zero-order chi connectivity index (χ0) is 14.8. The van der Waals surface area contributed by atoms with Crippen LogP contribution in [0.1, 0.15) is 51.9 Å². The first-order chi connectivity index (χ1) is 9.35. The lowest BCUT2D eigenvalue weighted by atomic mass is 9.92. The molecule has 0 bridgehead atoms. The van der Waals surface area contributed by atoms with Gasteiger partial charge in [-0.1, -0.05) is 25.9 Å². The Morgan fingerprint density at radius 2 is 1.85 bits per heavy atom. The largest absolute Gasteiger partial charge is 0.338 e. The molecule has 0 saturated carbocycles. The summed E-state index contributed by atoms with van der Waals surface area (Å²) in [4.78, 5) is 9.33. The van der Waals surface area contributed by atoms with Crippen molar-refractivity contribution in [2.45, 2.75) is 47.1 Å². The lowest BCUT2D eigenvalue weighted by Crippen LogP contribution is -2.47. The summed E-state index contributed by atoms with van der Waals surface area (Å²) in [5.41, 5.74) is 0.422. The van der Waals surface area contributed by atoms with Gasteiger partial charge in [0.15, 0.2) is 5.82 Å². The van der Waals surface area contributed by atoms with Crippen molar-refractivity contribution in [3.05, 3.63) is 11.7 Å². The molecule has 0 amide bonds. The minimum atomic E-state index is 0.223. The second-order valence-electron chi connectivity index (χ2n) is 7.04. The summed E-state index contributed by atoms with van der Waals surface area (Å²) in [6.45, 7) is 16.6. The van der Waals surface area contributed by atoms with Crippen LogP contribution in [-0.2, 0) is 0 Å². The number of aryl methyl sites for hydroxylation is 1. The van der Waals surface area contributed by atoms with Gasteiger partial charge in [0, 0.05) is 26.2 Å². The highest BCUT2D eigenvalue weighted by molar-refractivity contribution is 4.92. The summed E-state index contributed by atoms with van der Waals surface area (Å²) in [5, 5.41) is 3.88. The molecule has 20 heavy (non-hydrogen) atoms. The molecule has 1 atom stereocenters. The van der Waals surface area contributed by atoms with Gasteiger partial charge in [0.2, 0.25) is 5.89 Å². The monoisotopic (exact) mass is 280 g/mol. The van der Waals surface area contributed by atoms with Gasteiger partial charge in [-0.15, -0.1) is 0 Å². The average Bonchev–Trinajstić information content (AvgIpc) is 2.82. The third-order valence-electron chi connectivity index (χ3n) is 4.03. The van der Waals surface area contributed by atoms with Crippen LogP contribution < -0.4 is 0 Å². The summed E-state index contributed by atoms with van der Waals surface area (Å²) in [6, 6.07) is 0.223. The maximum Gasteiger partial charge on any atom is 0.243 e. The molecular formula is C15H28N4O. The SMILES string of the molecule is Cc1noc([C@@H](C)N2CCN(CCC(C)(C)C)CC2)n1. The Hall–Kier alpha value is -0.940. The van der Waals surface area contributed by atoms with E-state index in [0.717, 1.165) is 37.9 Å². The zero-order valence-corrected chi connectivity index (χ0v) is 13.5. The molecule has 0 spiro atoms. The van der Waals surface area contributed by atoms with Crippen LogP contribution in [0.25, 0.3) is 0 Å². The lowest BCUT2D eigenvalue weighted by Gasteiger charge is -2.37. The number of piperazine rings is 1. The molecule has 5 nitrogen and oxygen atoms in total. The van der Waals surface area contributed by atoms with Gasteiger partial charge >= 0.3 is 0 Å². The Balaban J connectivity index is 1.79. The Bertz CT molecular complexity index is 416. The van der Waals surface area contributed by atoms with E-state index in [4.69, 9.17) is 4.52 Å². The fourth-order valence-corrected chi connectivity index (χ4v) is 2.51. The summed E-state index contributed by atoms with van der Waals surface area (Å²) in [5.74, 6) is 1.46. The summed E-state index contributed by atoms with van der Waals surface area (Å²) < 4.78 is 5.28. The first-order valence-corrected chi connectivity index (χ1v) is 7.62. The highest BCUT2D eigenvalue weighted by Crippen LogP contribution is 2.22. The topological polar surface area (TPSA) is 45.4 Å². The first-order valence-electron chi connectivity index (χ1n) is 7.62. The van der Waals surface area contributed by atoms with Crippen molar-refractivity contribution in [1.29, 1.82) is 0 Å². The van der Waals surface area contributed by atoms with Gasteiger partial charge in [-0.3, -0.25) is 4.90 Å². The van der Waals surface area contributed by atoms with Crippen LogP contribution in [-0.4, -0.2) is 52.7 Å². The van der Waals surface area contributed by atoms with E-state index < -0.39 is 0 Å². The normalized spacial score (nSPS) is 20.2. The Morgan fingerprint density at radius 3 is 2.35 bits per heavy atom. The van der Waals surface area contributed by atoms with E-state index in [2.05, 4.69) is 47.6 Å². The molecule has 1 aliphatic rings. The molecule has 0 radical (unpaired) electrons. The predicted octanol–water partition coefficient (Wildman–Crippen LogP) is 2.49. The van der Waals surface area contributed by atoms with Gasteiger partial charge in [-0.25, -0.2) is 0 Å². The molecule has 0 unspecified atom stereocenters. The second-order valence-corrected chi connectivity index (χ2v) is 7.04. The number of nitrogens with zero attached hydrogens (tertiary/aromatic N) is 4. The molecule has 0 aromatic carbocycles. The molecule has 114 valence electrons. The summed E-state index contributed by atoms with van der Waals surface area (Å²) >= 11 is 0. The predicted molar refractivity (Wildman–Crippen MR) is 79.5 cm³/mol. The van der Waals surface area contributed by atoms with Gasteiger partial charge in [0.05, 0.1) is 6.04 Å². The van der Waals surface area contributed by atoms with Gasteiger partial charge in [0.1, 0.15) is 0 Å². The Morgan fingerprint density at radius 1 is 1.20 bits per heavy atom. The van der Waals surface area contributed by atoms with E-state index in [1.807, 2.05) is 6.92 Å². The van der Waals surface area contributed by atoms with Crippen LogP contribution in [0, 0.1) is 12.3 Å². The molecule has 1 saturated heterocycles. The molecule has 0 aliphatic carbocycles. The van der Waals surface area contributed by atoms with Crippen LogP contribution in [0.15, 0.2) is 4.52 Å². The Labute approximate surface area is 122 Å². The molecule has 2 heterocycles. The minimum Gasteiger partial charge on any atom is -0.338 e. The Kier molecular flexibility index (Phi) is 4.81. The molecule has 5 heteroatoms. The summed E-state index contributed by atoms with van der Waals surface area (Å²) in [6.07, 6.45) is 1.26. The average molecular weight is 280 g/mol. The zero-order valence-electron chi connectivity index (χ0n) is 13.5. The number of rotatable bonds is 4. The molecule has 0 N–H and O–H groups in total. The van der Waals surface area contributed by atoms with Crippen molar-refractivity contribution < 1.29 is 4.52 Å².